The van der Waals surface area contributed by atoms with E-state index in [0.717, 1.165) is 16.9 Å². The van der Waals surface area contributed by atoms with Gasteiger partial charge in [-0.25, -0.2) is 0 Å². The Kier molecular flexibility index (Phi) is 7.76. The molecule has 2 atom stereocenters. The van der Waals surface area contributed by atoms with Gasteiger partial charge in [-0.1, -0.05) is 44.9 Å². The second kappa shape index (κ2) is 9.06. The number of hydrogen-bond acceptors (Lipinski definition) is 3. The molecule has 3 nitrogen and oxygen atoms in total. The van der Waals surface area contributed by atoms with Gasteiger partial charge in [0.2, 0.25) is 0 Å². The fourth-order valence-corrected chi connectivity index (χ4v) is 2.75. The van der Waals surface area contributed by atoms with Gasteiger partial charge in [-0.3, -0.25) is 0 Å². The molecule has 0 aliphatic rings. The van der Waals surface area contributed by atoms with Gasteiger partial charge in [0.25, 0.3) is 0 Å². The standard InChI is InChI=1S/C18H31NO2/c1-6-16(7-2)15(5)19-11-17(20)12-21-18-13(3)9-8-10-14(18)4/h8-10,15-17,19-20H,6-7,11-12H2,1-5H3. The van der Waals surface area contributed by atoms with E-state index in [1.165, 1.54) is 12.8 Å². The van der Waals surface area contributed by atoms with Gasteiger partial charge in [-0.05, 0) is 37.8 Å². The summed E-state index contributed by atoms with van der Waals surface area (Å²) in [5.74, 6) is 1.56. The highest BCUT2D eigenvalue weighted by Crippen LogP contribution is 2.22. The van der Waals surface area contributed by atoms with Crippen LogP contribution in [-0.4, -0.2) is 30.4 Å². The smallest absolute Gasteiger partial charge is 0.125 e. The number of aliphatic hydroxyl groups excluding tert-OH is 1. The van der Waals surface area contributed by atoms with Crippen LogP contribution in [0.25, 0.3) is 0 Å². The van der Waals surface area contributed by atoms with Gasteiger partial charge in [0, 0.05) is 12.6 Å². The molecular formula is C18H31NO2. The number of benzene rings is 1. The molecule has 0 bridgehead atoms. The zero-order valence-corrected chi connectivity index (χ0v) is 14.1. The van der Waals surface area contributed by atoms with Crippen molar-refractivity contribution in [3.8, 4) is 5.75 Å². The summed E-state index contributed by atoms with van der Waals surface area (Å²) in [6, 6.07) is 6.51. The summed E-state index contributed by atoms with van der Waals surface area (Å²) in [6.45, 7) is 11.6. The molecule has 3 heteroatoms. The Morgan fingerprint density at radius 3 is 2.24 bits per heavy atom. The van der Waals surface area contributed by atoms with Crippen LogP contribution in [0.5, 0.6) is 5.75 Å². The van der Waals surface area contributed by atoms with Gasteiger partial charge in [0.15, 0.2) is 0 Å². The number of para-hydroxylation sites is 1. The van der Waals surface area contributed by atoms with Crippen molar-refractivity contribution in [2.24, 2.45) is 5.92 Å². The van der Waals surface area contributed by atoms with Crippen molar-refractivity contribution in [1.82, 2.24) is 5.32 Å². The van der Waals surface area contributed by atoms with Crippen LogP contribution in [0.2, 0.25) is 0 Å². The highest BCUT2D eigenvalue weighted by molar-refractivity contribution is 5.39. The molecule has 120 valence electrons. The van der Waals surface area contributed by atoms with Gasteiger partial charge in [-0.2, -0.15) is 0 Å². The zero-order chi connectivity index (χ0) is 15.8. The molecule has 2 unspecified atom stereocenters. The van der Waals surface area contributed by atoms with Gasteiger partial charge < -0.3 is 15.2 Å². The van der Waals surface area contributed by atoms with E-state index in [-0.39, 0.29) is 0 Å². The average molecular weight is 293 g/mol. The highest BCUT2D eigenvalue weighted by Gasteiger charge is 2.15. The van der Waals surface area contributed by atoms with E-state index in [0.29, 0.717) is 25.1 Å². The fourth-order valence-electron chi connectivity index (χ4n) is 2.75. The molecule has 21 heavy (non-hydrogen) atoms. The van der Waals surface area contributed by atoms with E-state index in [1.54, 1.807) is 0 Å². The summed E-state index contributed by atoms with van der Waals surface area (Å²) < 4.78 is 5.78. The van der Waals surface area contributed by atoms with Crippen LogP contribution in [0, 0.1) is 19.8 Å². The summed E-state index contributed by atoms with van der Waals surface area (Å²) in [6.07, 6.45) is 1.85. The largest absolute Gasteiger partial charge is 0.490 e. The van der Waals surface area contributed by atoms with Crippen molar-refractivity contribution in [3.63, 3.8) is 0 Å². The lowest BCUT2D eigenvalue weighted by Crippen LogP contribution is -2.40. The molecule has 0 spiro atoms. The highest BCUT2D eigenvalue weighted by atomic mass is 16.5. The number of ether oxygens (including phenoxy) is 1. The Morgan fingerprint density at radius 1 is 1.14 bits per heavy atom. The van der Waals surface area contributed by atoms with Crippen LogP contribution >= 0.6 is 0 Å². The Balaban J connectivity index is 2.39. The normalized spacial score (nSPS) is 14.2. The van der Waals surface area contributed by atoms with Crippen molar-refractivity contribution in [1.29, 1.82) is 0 Å². The van der Waals surface area contributed by atoms with E-state index >= 15 is 0 Å². The molecule has 0 fully saturated rings. The van der Waals surface area contributed by atoms with Crippen LogP contribution in [-0.2, 0) is 0 Å². The van der Waals surface area contributed by atoms with Gasteiger partial charge >= 0.3 is 0 Å². The van der Waals surface area contributed by atoms with Crippen LogP contribution < -0.4 is 10.1 Å². The molecule has 0 radical (unpaired) electrons. The third-order valence-electron chi connectivity index (χ3n) is 4.26. The van der Waals surface area contributed by atoms with Crippen LogP contribution in [0.15, 0.2) is 18.2 Å². The summed E-state index contributed by atoms with van der Waals surface area (Å²) in [4.78, 5) is 0. The van der Waals surface area contributed by atoms with Crippen LogP contribution in [0.3, 0.4) is 0 Å². The minimum absolute atomic E-state index is 0.328. The summed E-state index contributed by atoms with van der Waals surface area (Å²) in [5, 5.41) is 13.5. The molecule has 0 amide bonds. The first-order chi connectivity index (χ1) is 9.99. The topological polar surface area (TPSA) is 41.5 Å². The number of rotatable bonds is 9. The zero-order valence-electron chi connectivity index (χ0n) is 14.1. The van der Waals surface area contributed by atoms with Crippen molar-refractivity contribution in [3.05, 3.63) is 29.3 Å². The van der Waals surface area contributed by atoms with E-state index in [2.05, 4.69) is 26.1 Å². The average Bonchev–Trinajstić information content (AvgIpc) is 2.46. The lowest BCUT2D eigenvalue weighted by atomic mass is 9.95. The summed E-state index contributed by atoms with van der Waals surface area (Å²) in [5.41, 5.74) is 2.22. The third-order valence-corrected chi connectivity index (χ3v) is 4.26. The molecule has 0 aliphatic heterocycles. The van der Waals surface area contributed by atoms with E-state index in [1.807, 2.05) is 32.0 Å². The third kappa shape index (κ3) is 5.68. The van der Waals surface area contributed by atoms with Crippen LogP contribution in [0.1, 0.15) is 44.7 Å². The summed E-state index contributed by atoms with van der Waals surface area (Å²) in [7, 11) is 0. The second-order valence-corrected chi connectivity index (χ2v) is 5.96. The minimum Gasteiger partial charge on any atom is -0.490 e. The minimum atomic E-state index is -0.485. The fraction of sp³-hybridized carbons (Fsp3) is 0.667. The number of nitrogens with one attached hydrogen (secondary N) is 1. The van der Waals surface area contributed by atoms with E-state index in [4.69, 9.17) is 4.74 Å². The quantitative estimate of drug-likeness (QED) is 0.732. The molecule has 0 saturated carbocycles. The molecule has 0 aromatic heterocycles. The Hall–Kier alpha value is -1.06. The first-order valence-electron chi connectivity index (χ1n) is 8.10. The van der Waals surface area contributed by atoms with Gasteiger partial charge in [0.05, 0.1) is 0 Å². The monoisotopic (exact) mass is 293 g/mol. The molecule has 1 aromatic carbocycles. The van der Waals surface area contributed by atoms with Crippen molar-refractivity contribution in [2.75, 3.05) is 13.2 Å². The molecule has 0 saturated heterocycles. The molecule has 0 aliphatic carbocycles. The molecule has 1 rings (SSSR count). The molecule has 2 N–H and O–H groups in total. The van der Waals surface area contributed by atoms with Crippen LogP contribution in [0.4, 0.5) is 0 Å². The van der Waals surface area contributed by atoms with E-state index in [9.17, 15) is 5.11 Å². The summed E-state index contributed by atoms with van der Waals surface area (Å²) >= 11 is 0. The first kappa shape index (κ1) is 18.0. The molecule has 1 aromatic rings. The lowest BCUT2D eigenvalue weighted by Gasteiger charge is -2.24. The van der Waals surface area contributed by atoms with Gasteiger partial charge in [0.1, 0.15) is 18.5 Å². The maximum Gasteiger partial charge on any atom is 0.125 e. The Labute approximate surface area is 129 Å². The van der Waals surface area contributed by atoms with Gasteiger partial charge in [-0.15, -0.1) is 0 Å². The number of aliphatic hydroxyl groups is 1. The first-order valence-corrected chi connectivity index (χ1v) is 8.10. The van der Waals surface area contributed by atoms with E-state index < -0.39 is 6.10 Å². The SMILES string of the molecule is CCC(CC)C(C)NCC(O)COc1c(C)cccc1C. The molecule has 0 heterocycles. The Morgan fingerprint density at radius 2 is 1.71 bits per heavy atom. The Bertz CT molecular complexity index is 395. The van der Waals surface area contributed by atoms with Crippen molar-refractivity contribution >= 4 is 0 Å². The number of hydrogen-bond donors (Lipinski definition) is 2. The predicted octanol–water partition coefficient (Wildman–Crippen LogP) is 3.46. The van der Waals surface area contributed by atoms with Crippen molar-refractivity contribution in [2.45, 2.75) is 59.6 Å². The maximum absolute atomic E-state index is 10.1. The number of aryl methyl sites for hydroxylation is 2. The molecular weight excluding hydrogens is 262 g/mol. The second-order valence-electron chi connectivity index (χ2n) is 5.96. The van der Waals surface area contributed by atoms with Crippen molar-refractivity contribution < 1.29 is 9.84 Å². The predicted molar refractivity (Wildman–Crippen MR) is 89.0 cm³/mol. The lowest BCUT2D eigenvalue weighted by molar-refractivity contribution is 0.101. The maximum atomic E-state index is 10.1.